The molecule has 3 aromatic rings. The quantitative estimate of drug-likeness (QED) is 0.374. The molecule has 1 aliphatic rings. The van der Waals surface area contributed by atoms with Crippen molar-refractivity contribution in [1.29, 1.82) is 0 Å². The molecule has 0 aromatic carbocycles. The van der Waals surface area contributed by atoms with E-state index >= 15 is 0 Å². The molecule has 12 heteroatoms. The topological polar surface area (TPSA) is 170 Å². The summed E-state index contributed by atoms with van der Waals surface area (Å²) in [6.45, 7) is 1.80. The maximum Gasteiger partial charge on any atom is 0.252 e. The first-order valence-corrected chi connectivity index (χ1v) is 10.1. The Hall–Kier alpha value is -3.64. The van der Waals surface area contributed by atoms with Crippen molar-refractivity contribution in [2.75, 3.05) is 10.6 Å². The lowest BCUT2D eigenvalue weighted by molar-refractivity contribution is 0.100. The first-order chi connectivity index (χ1) is 15.3. The number of primary amides is 1. The summed E-state index contributed by atoms with van der Waals surface area (Å²) in [4.78, 5) is 21.9. The van der Waals surface area contributed by atoms with E-state index in [4.69, 9.17) is 11.5 Å². The summed E-state index contributed by atoms with van der Waals surface area (Å²) < 4.78 is 14.7. The predicted molar refractivity (Wildman–Crippen MR) is 115 cm³/mol. The van der Waals surface area contributed by atoms with Gasteiger partial charge in [-0.25, -0.2) is 9.37 Å². The number of nitrogens with zero attached hydrogens (tertiary/aromatic N) is 5. The zero-order chi connectivity index (χ0) is 22.8. The minimum Gasteiger partial charge on any atom is -0.393 e. The van der Waals surface area contributed by atoms with Crippen LogP contribution in [0.5, 0.6) is 0 Å². The number of hydrogen-bond acceptors (Lipinski definition) is 9. The van der Waals surface area contributed by atoms with E-state index in [1.54, 1.807) is 19.2 Å². The Balaban J connectivity index is 1.66. The van der Waals surface area contributed by atoms with Crippen LogP contribution in [-0.2, 0) is 0 Å². The lowest BCUT2D eigenvalue weighted by atomic mass is 9.89. The zero-order valence-corrected chi connectivity index (χ0v) is 17.4. The third-order valence-corrected chi connectivity index (χ3v) is 5.40. The molecule has 0 radical (unpaired) electrons. The molecule has 1 aliphatic carbocycles. The van der Waals surface area contributed by atoms with Crippen LogP contribution in [0.15, 0.2) is 30.7 Å². The fourth-order valence-corrected chi connectivity index (χ4v) is 3.66. The van der Waals surface area contributed by atoms with E-state index in [-0.39, 0.29) is 29.3 Å². The second-order valence-electron chi connectivity index (χ2n) is 7.73. The van der Waals surface area contributed by atoms with Gasteiger partial charge in [0.1, 0.15) is 11.5 Å². The van der Waals surface area contributed by atoms with Crippen molar-refractivity contribution < 1.29 is 14.3 Å². The van der Waals surface area contributed by atoms with Crippen molar-refractivity contribution in [3.63, 3.8) is 0 Å². The molecular weight excluding hydrogens is 417 g/mol. The minimum absolute atomic E-state index is 0.0522. The van der Waals surface area contributed by atoms with Gasteiger partial charge in [-0.2, -0.15) is 10.2 Å². The number of nitrogens with two attached hydrogens (primary N) is 2. The zero-order valence-electron chi connectivity index (χ0n) is 17.4. The van der Waals surface area contributed by atoms with Gasteiger partial charge >= 0.3 is 0 Å². The highest BCUT2D eigenvalue weighted by atomic mass is 19.1. The Morgan fingerprint density at radius 1 is 1.25 bits per heavy atom. The van der Waals surface area contributed by atoms with E-state index in [1.807, 2.05) is 0 Å². The minimum atomic E-state index is -0.843. The normalized spacial score (nSPS) is 20.7. The van der Waals surface area contributed by atoms with Gasteiger partial charge in [0, 0.05) is 12.1 Å². The van der Waals surface area contributed by atoms with Gasteiger partial charge in [-0.15, -0.1) is 4.80 Å². The molecule has 1 amide bonds. The lowest BCUT2D eigenvalue weighted by Crippen LogP contribution is -2.46. The number of carbonyl (C=O) groups excluding carboxylic acids is 1. The Bertz CT molecular complexity index is 1120. The van der Waals surface area contributed by atoms with Crippen LogP contribution in [0.25, 0.3) is 5.69 Å². The third kappa shape index (κ3) is 4.50. The number of rotatable bonds is 6. The summed E-state index contributed by atoms with van der Waals surface area (Å²) in [5, 5.41) is 24.1. The van der Waals surface area contributed by atoms with Gasteiger partial charge in [-0.05, 0) is 38.3 Å². The first kappa shape index (κ1) is 21.6. The predicted octanol–water partition coefficient (Wildman–Crippen LogP) is 1.000. The van der Waals surface area contributed by atoms with E-state index in [1.165, 1.54) is 17.2 Å². The van der Waals surface area contributed by atoms with Crippen molar-refractivity contribution in [1.82, 2.24) is 25.0 Å². The van der Waals surface area contributed by atoms with Crippen molar-refractivity contribution in [2.24, 2.45) is 11.5 Å². The molecule has 4 rings (SSSR count). The highest BCUT2D eigenvalue weighted by Crippen LogP contribution is 2.27. The van der Waals surface area contributed by atoms with Crippen LogP contribution in [0.1, 0.15) is 35.3 Å². The van der Waals surface area contributed by atoms with Crippen LogP contribution in [0, 0.1) is 12.7 Å². The van der Waals surface area contributed by atoms with Crippen molar-refractivity contribution in [2.45, 2.75) is 44.4 Å². The molecule has 0 aliphatic heterocycles. The molecule has 0 saturated heterocycles. The summed E-state index contributed by atoms with van der Waals surface area (Å²) in [6.07, 6.45) is 5.66. The van der Waals surface area contributed by atoms with E-state index in [2.05, 4.69) is 30.8 Å². The van der Waals surface area contributed by atoms with E-state index in [0.29, 0.717) is 36.3 Å². The van der Waals surface area contributed by atoms with Crippen LogP contribution in [0.2, 0.25) is 0 Å². The van der Waals surface area contributed by atoms with Gasteiger partial charge < -0.3 is 27.2 Å². The van der Waals surface area contributed by atoms with Crippen LogP contribution >= 0.6 is 0 Å². The van der Waals surface area contributed by atoms with Gasteiger partial charge in [-0.3, -0.25) is 9.78 Å². The smallest absolute Gasteiger partial charge is 0.252 e. The molecule has 7 N–H and O–H groups in total. The molecular formula is C20H24FN9O2. The number of aliphatic hydroxyl groups excluding tert-OH is 1. The number of nitrogens with one attached hydrogen (secondary N) is 2. The van der Waals surface area contributed by atoms with E-state index in [0.717, 1.165) is 6.07 Å². The fourth-order valence-electron chi connectivity index (χ4n) is 3.66. The average Bonchev–Trinajstić information content (AvgIpc) is 3.28. The van der Waals surface area contributed by atoms with Gasteiger partial charge in [0.25, 0.3) is 5.91 Å². The molecule has 32 heavy (non-hydrogen) atoms. The number of aromatic nitrogens is 5. The molecule has 0 bridgehead atoms. The second kappa shape index (κ2) is 8.85. The number of hydrogen-bond donors (Lipinski definition) is 5. The molecule has 3 aromatic heterocycles. The van der Waals surface area contributed by atoms with E-state index < -0.39 is 17.8 Å². The molecule has 1 fully saturated rings. The van der Waals surface area contributed by atoms with Crippen LogP contribution in [-0.4, -0.2) is 54.2 Å². The van der Waals surface area contributed by atoms with Gasteiger partial charge in [0.05, 0.1) is 41.6 Å². The standard InChI is InChI=1S/C20H24FN9O2/c1-10-17(30-25-4-5-26-30)6-11(9-24-10)27-19-13(18(23)32)8-14(21)20(29-19)28-16-7-12(31)2-3-15(16)22/h4-6,8-9,12,15-16,31H,2-3,7,22H2,1H3,(H2,23,32)(H2,27,28,29). The summed E-state index contributed by atoms with van der Waals surface area (Å²) in [5.74, 6) is -1.64. The third-order valence-electron chi connectivity index (χ3n) is 5.40. The molecule has 0 spiro atoms. The molecule has 1 saturated carbocycles. The number of halogens is 1. The number of amides is 1. The number of aryl methyl sites for hydroxylation is 1. The number of aliphatic hydroxyl groups is 1. The molecule has 3 heterocycles. The summed E-state index contributed by atoms with van der Waals surface area (Å²) >= 11 is 0. The van der Waals surface area contributed by atoms with Crippen LogP contribution < -0.4 is 22.1 Å². The van der Waals surface area contributed by atoms with E-state index in [9.17, 15) is 14.3 Å². The number of carbonyl (C=O) groups is 1. The summed E-state index contributed by atoms with van der Waals surface area (Å²) in [6, 6.07) is 2.10. The highest BCUT2D eigenvalue weighted by Gasteiger charge is 2.28. The maximum atomic E-state index is 14.7. The number of anilines is 3. The molecule has 3 unspecified atom stereocenters. The van der Waals surface area contributed by atoms with Crippen molar-refractivity contribution in [3.8, 4) is 5.69 Å². The summed E-state index contributed by atoms with van der Waals surface area (Å²) in [7, 11) is 0. The first-order valence-electron chi connectivity index (χ1n) is 10.1. The van der Waals surface area contributed by atoms with Crippen molar-refractivity contribution in [3.05, 3.63) is 47.8 Å². The Morgan fingerprint density at radius 3 is 2.72 bits per heavy atom. The van der Waals surface area contributed by atoms with Crippen LogP contribution in [0.4, 0.5) is 21.7 Å². The monoisotopic (exact) mass is 441 g/mol. The number of pyridine rings is 2. The highest BCUT2D eigenvalue weighted by molar-refractivity contribution is 5.98. The largest absolute Gasteiger partial charge is 0.393 e. The Kier molecular flexibility index (Phi) is 5.97. The molecule has 11 nitrogen and oxygen atoms in total. The SMILES string of the molecule is Cc1ncc(Nc2nc(NC3CC(O)CCC3N)c(F)cc2C(N)=O)cc1-n1nccn1. The molecule has 168 valence electrons. The van der Waals surface area contributed by atoms with Crippen molar-refractivity contribution >= 4 is 23.2 Å². The van der Waals surface area contributed by atoms with Crippen LogP contribution in [0.3, 0.4) is 0 Å². The van der Waals surface area contributed by atoms with Gasteiger partial charge in [-0.1, -0.05) is 0 Å². The van der Waals surface area contributed by atoms with Gasteiger partial charge in [0.15, 0.2) is 11.6 Å². The molecule has 3 atom stereocenters. The Morgan fingerprint density at radius 2 is 2.00 bits per heavy atom. The van der Waals surface area contributed by atoms with Gasteiger partial charge in [0.2, 0.25) is 0 Å². The second-order valence-corrected chi connectivity index (χ2v) is 7.73. The average molecular weight is 441 g/mol. The lowest BCUT2D eigenvalue weighted by Gasteiger charge is -2.32. The fraction of sp³-hybridized carbons (Fsp3) is 0.350. The Labute approximate surface area is 183 Å². The maximum absolute atomic E-state index is 14.7. The summed E-state index contributed by atoms with van der Waals surface area (Å²) in [5.41, 5.74) is 13.2.